The quantitative estimate of drug-likeness (QED) is 0.432. The molecule has 80 valence electrons. The van der Waals surface area contributed by atoms with Crippen LogP contribution in [-0.2, 0) is 6.42 Å². The van der Waals surface area contributed by atoms with Gasteiger partial charge in [0.25, 0.3) is 0 Å². The molecule has 0 aliphatic heterocycles. The third-order valence-electron chi connectivity index (χ3n) is 2.15. The maximum Gasteiger partial charge on any atom is 0.311 e. The number of nitro groups is 1. The maximum absolute atomic E-state index is 10.7. The van der Waals surface area contributed by atoms with Crippen molar-refractivity contribution in [3.63, 3.8) is 0 Å². The van der Waals surface area contributed by atoms with Crippen LogP contribution in [0.2, 0.25) is 0 Å². The van der Waals surface area contributed by atoms with Crippen LogP contribution in [0.15, 0.2) is 12.1 Å². The average Bonchev–Trinajstić information content (AvgIpc) is 2.26. The zero-order valence-corrected chi connectivity index (χ0v) is 8.52. The highest BCUT2D eigenvalue weighted by molar-refractivity contribution is 5.80. The monoisotopic (exact) mass is 209 g/mol. The van der Waals surface area contributed by atoms with Crippen molar-refractivity contribution in [2.24, 2.45) is 0 Å². The molecule has 1 rings (SSSR count). The number of carbonyl (C=O) groups is 1. The molecule has 5 heteroatoms. The lowest BCUT2D eigenvalue weighted by Gasteiger charge is -2.06. The second-order valence-corrected chi connectivity index (χ2v) is 2.95. The Hall–Kier alpha value is -1.91. The number of hydrogen-bond donors (Lipinski definition) is 0. The van der Waals surface area contributed by atoms with Crippen LogP contribution in [0.25, 0.3) is 0 Å². The van der Waals surface area contributed by atoms with E-state index in [0.29, 0.717) is 18.3 Å². The molecule has 0 radical (unpaired) electrons. The van der Waals surface area contributed by atoms with Crippen molar-refractivity contribution in [1.82, 2.24) is 0 Å². The molecule has 0 unspecified atom stereocenters. The molecular formula is C10H11NO4. The highest BCUT2D eigenvalue weighted by Gasteiger charge is 2.17. The second-order valence-electron chi connectivity index (χ2n) is 2.95. The topological polar surface area (TPSA) is 69.4 Å². The van der Waals surface area contributed by atoms with E-state index in [1.54, 1.807) is 0 Å². The number of aldehydes is 1. The van der Waals surface area contributed by atoms with Gasteiger partial charge in [-0.2, -0.15) is 0 Å². The number of methoxy groups -OCH3 is 1. The van der Waals surface area contributed by atoms with Crippen LogP contribution in [0.1, 0.15) is 22.8 Å². The van der Waals surface area contributed by atoms with Gasteiger partial charge >= 0.3 is 5.69 Å². The third-order valence-corrected chi connectivity index (χ3v) is 2.15. The maximum atomic E-state index is 10.7. The van der Waals surface area contributed by atoms with E-state index in [-0.39, 0.29) is 11.4 Å². The first kappa shape index (κ1) is 11.2. The summed E-state index contributed by atoms with van der Waals surface area (Å²) in [4.78, 5) is 20.8. The van der Waals surface area contributed by atoms with Gasteiger partial charge in [-0.05, 0) is 18.1 Å². The molecule has 0 aliphatic rings. The molecule has 0 fully saturated rings. The molecule has 0 saturated heterocycles. The van der Waals surface area contributed by atoms with E-state index in [9.17, 15) is 14.9 Å². The predicted octanol–water partition coefficient (Wildman–Crippen LogP) is 1.98. The highest BCUT2D eigenvalue weighted by Crippen LogP contribution is 2.29. The normalized spacial score (nSPS) is 9.73. The van der Waals surface area contributed by atoms with E-state index in [2.05, 4.69) is 0 Å². The molecular weight excluding hydrogens is 198 g/mol. The van der Waals surface area contributed by atoms with Gasteiger partial charge in [-0.1, -0.05) is 6.92 Å². The minimum atomic E-state index is -0.564. The van der Waals surface area contributed by atoms with Gasteiger partial charge in [0.05, 0.1) is 12.0 Å². The SMILES string of the molecule is CCc1cc(OC)c([N+](=O)[O-])cc1C=O. The Balaban J connectivity index is 3.40. The summed E-state index contributed by atoms with van der Waals surface area (Å²) < 4.78 is 4.89. The second kappa shape index (κ2) is 4.54. The average molecular weight is 209 g/mol. The molecule has 0 bridgehead atoms. The Morgan fingerprint density at radius 3 is 2.60 bits per heavy atom. The van der Waals surface area contributed by atoms with Gasteiger partial charge in [0.15, 0.2) is 12.0 Å². The lowest BCUT2D eigenvalue weighted by Crippen LogP contribution is -1.99. The summed E-state index contributed by atoms with van der Waals surface area (Å²) in [7, 11) is 1.36. The zero-order valence-electron chi connectivity index (χ0n) is 8.52. The minimum Gasteiger partial charge on any atom is -0.490 e. The van der Waals surface area contributed by atoms with Crippen LogP contribution in [0.4, 0.5) is 5.69 Å². The Kier molecular flexibility index (Phi) is 3.38. The molecule has 0 atom stereocenters. The Morgan fingerprint density at radius 1 is 1.53 bits per heavy atom. The van der Waals surface area contributed by atoms with Crippen molar-refractivity contribution in [3.8, 4) is 5.75 Å². The van der Waals surface area contributed by atoms with Crippen molar-refractivity contribution in [2.45, 2.75) is 13.3 Å². The number of ether oxygens (including phenoxy) is 1. The van der Waals surface area contributed by atoms with Crippen molar-refractivity contribution in [3.05, 3.63) is 33.4 Å². The molecule has 1 aromatic carbocycles. The Morgan fingerprint density at radius 2 is 2.20 bits per heavy atom. The van der Waals surface area contributed by atoms with E-state index in [4.69, 9.17) is 4.74 Å². The summed E-state index contributed by atoms with van der Waals surface area (Å²) in [5.74, 6) is 0.183. The summed E-state index contributed by atoms with van der Waals surface area (Å²) in [5, 5.41) is 10.7. The molecule has 0 aromatic heterocycles. The first-order valence-electron chi connectivity index (χ1n) is 4.44. The largest absolute Gasteiger partial charge is 0.490 e. The van der Waals surface area contributed by atoms with E-state index >= 15 is 0 Å². The fourth-order valence-electron chi connectivity index (χ4n) is 1.35. The molecule has 1 aromatic rings. The van der Waals surface area contributed by atoms with E-state index < -0.39 is 4.92 Å². The van der Waals surface area contributed by atoms with Crippen molar-refractivity contribution in [1.29, 1.82) is 0 Å². The number of aryl methyl sites for hydroxylation is 1. The highest BCUT2D eigenvalue weighted by atomic mass is 16.6. The number of hydrogen-bond acceptors (Lipinski definition) is 4. The lowest BCUT2D eigenvalue weighted by molar-refractivity contribution is -0.385. The summed E-state index contributed by atoms with van der Waals surface area (Å²) >= 11 is 0. The van der Waals surface area contributed by atoms with Crippen LogP contribution < -0.4 is 4.74 Å². The first-order valence-corrected chi connectivity index (χ1v) is 4.44. The van der Waals surface area contributed by atoms with Gasteiger partial charge in [-0.3, -0.25) is 14.9 Å². The van der Waals surface area contributed by atoms with Gasteiger partial charge in [-0.15, -0.1) is 0 Å². The number of nitro benzene ring substituents is 1. The molecule has 0 saturated carbocycles. The molecule has 0 aliphatic carbocycles. The van der Waals surface area contributed by atoms with E-state index in [1.165, 1.54) is 19.2 Å². The van der Waals surface area contributed by atoms with Gasteiger partial charge in [-0.25, -0.2) is 0 Å². The van der Waals surface area contributed by atoms with Crippen LogP contribution in [0.5, 0.6) is 5.75 Å². The van der Waals surface area contributed by atoms with E-state index in [1.807, 2.05) is 6.92 Å². The lowest BCUT2D eigenvalue weighted by atomic mass is 10.0. The molecule has 0 spiro atoms. The van der Waals surface area contributed by atoms with Gasteiger partial charge in [0, 0.05) is 11.6 Å². The van der Waals surface area contributed by atoms with Crippen LogP contribution in [0, 0.1) is 10.1 Å². The van der Waals surface area contributed by atoms with Gasteiger partial charge < -0.3 is 4.74 Å². The van der Waals surface area contributed by atoms with Crippen molar-refractivity contribution >= 4 is 12.0 Å². The minimum absolute atomic E-state index is 0.183. The Bertz CT molecular complexity index is 401. The number of carbonyl (C=O) groups excluding carboxylic acids is 1. The van der Waals surface area contributed by atoms with Crippen molar-refractivity contribution in [2.75, 3.05) is 7.11 Å². The molecule has 0 heterocycles. The standard InChI is InChI=1S/C10H11NO4/c1-3-7-5-10(15-2)9(11(13)14)4-8(7)6-12/h4-6H,3H2,1-2H3. The van der Waals surface area contributed by atoms with Gasteiger partial charge in [0.1, 0.15) is 0 Å². The zero-order chi connectivity index (χ0) is 11.4. The molecule has 0 amide bonds. The molecule has 0 N–H and O–H groups in total. The Labute approximate surface area is 86.8 Å². The number of nitrogens with zero attached hydrogens (tertiary/aromatic N) is 1. The number of benzene rings is 1. The van der Waals surface area contributed by atoms with Crippen LogP contribution >= 0.6 is 0 Å². The molecule has 15 heavy (non-hydrogen) atoms. The summed E-state index contributed by atoms with van der Waals surface area (Å²) in [6, 6.07) is 2.77. The smallest absolute Gasteiger partial charge is 0.311 e. The fraction of sp³-hybridized carbons (Fsp3) is 0.300. The van der Waals surface area contributed by atoms with E-state index in [0.717, 1.165) is 5.56 Å². The number of rotatable bonds is 4. The summed E-state index contributed by atoms with van der Waals surface area (Å²) in [6.07, 6.45) is 1.24. The molecule has 5 nitrogen and oxygen atoms in total. The summed E-state index contributed by atoms with van der Waals surface area (Å²) in [5.41, 5.74) is 0.897. The third kappa shape index (κ3) is 2.12. The predicted molar refractivity (Wildman–Crippen MR) is 54.4 cm³/mol. The fourth-order valence-corrected chi connectivity index (χ4v) is 1.35. The summed E-state index contributed by atoms with van der Waals surface area (Å²) in [6.45, 7) is 1.87. The van der Waals surface area contributed by atoms with Crippen LogP contribution in [0.3, 0.4) is 0 Å². The van der Waals surface area contributed by atoms with Gasteiger partial charge in [0.2, 0.25) is 0 Å². The first-order chi connectivity index (χ1) is 7.13. The van der Waals surface area contributed by atoms with Crippen molar-refractivity contribution < 1.29 is 14.5 Å². The van der Waals surface area contributed by atoms with Crippen LogP contribution in [-0.4, -0.2) is 18.3 Å².